The van der Waals surface area contributed by atoms with E-state index in [9.17, 15) is 39.0 Å². The molecule has 29 nitrogen and oxygen atoms in total. The number of rotatable bonds is 15. The summed E-state index contributed by atoms with van der Waals surface area (Å²) in [5, 5.41) is 37.2. The van der Waals surface area contributed by atoms with Crippen molar-refractivity contribution < 1.29 is 67.6 Å². The van der Waals surface area contributed by atoms with Gasteiger partial charge in [-0.05, 0) is 66.8 Å². The SMILES string of the molecule is C.C.C.CC[C@H]1O[C@@H](n2ccc(NO)nc2=O)C(O[Si](C)(C)C(C)(C)C)[C@H]1C.CC[C@H]1O[C@@H](n2ccc(NOC(=O)N(C)C)nc2=O)C(O[Si](C)(C)C(C)(C)C)[C@H]1C.CN(C)C(=O)Cl.CN(C)C(=O)ONc1ccn([C@@H]2O[C@H](CO)[C@H](O)C2O)c(=O)n1.S=S.S=S=S=S=S=S=S=S=S=S=S=S=S=S=S=S=S=S=S=S=S=S=S=S=S=S=S=S=S=S=S=S=S=S=S=S=S=S=S. The summed E-state index contributed by atoms with van der Waals surface area (Å²) in [6.45, 7) is 29.8. The van der Waals surface area contributed by atoms with E-state index in [0.717, 1.165) is 17.4 Å². The van der Waals surface area contributed by atoms with E-state index < -0.39 is 94.9 Å². The molecule has 0 radical (unpaired) electrons. The van der Waals surface area contributed by atoms with Crippen LogP contribution in [0.5, 0.6) is 0 Å². The van der Waals surface area contributed by atoms with Gasteiger partial charge in [-0.25, -0.2) is 24.0 Å². The molecule has 3 aromatic rings. The number of amides is 3. The van der Waals surface area contributed by atoms with Gasteiger partial charge in [0.05, 0.1) is 31.0 Å². The van der Waals surface area contributed by atoms with Crippen molar-refractivity contribution in [2.24, 2.45) is 11.8 Å². The van der Waals surface area contributed by atoms with Crippen molar-refractivity contribution in [3.8, 4) is 0 Å². The molecule has 3 aliphatic rings. The average molecular weight is 2610 g/mol. The van der Waals surface area contributed by atoms with E-state index in [0.29, 0.717) is 0 Å². The summed E-state index contributed by atoms with van der Waals surface area (Å²) < 4.78 is 34.9. The number of carbonyl (C=O) groups excluding carboxylic acids is 3. The van der Waals surface area contributed by atoms with E-state index in [-0.39, 0.29) is 86.1 Å². The Bertz CT molecular complexity index is 6020. The molecule has 3 aromatic heterocycles. The summed E-state index contributed by atoms with van der Waals surface area (Å²) in [7, 11) is 70.7. The van der Waals surface area contributed by atoms with Crippen molar-refractivity contribution in [2.45, 2.75) is 202 Å². The van der Waals surface area contributed by atoms with Gasteiger partial charge in [0, 0.05) is 458 Å². The van der Waals surface area contributed by atoms with Crippen LogP contribution in [0.3, 0.4) is 0 Å². The molecular weight excluding hydrogens is 2510 g/mol. The van der Waals surface area contributed by atoms with Gasteiger partial charge in [0.2, 0.25) is 0 Å². The van der Waals surface area contributed by atoms with Gasteiger partial charge in [-0.2, -0.15) is 25.9 Å². The molecule has 3 amide bonds. The number of nitrogens with zero attached hydrogens (tertiary/aromatic N) is 9. The van der Waals surface area contributed by atoms with E-state index >= 15 is 0 Å². The molecule has 3 unspecified atom stereocenters. The van der Waals surface area contributed by atoms with Crippen LogP contribution in [0.15, 0.2) is 51.2 Å². The molecule has 0 aromatic carbocycles. The van der Waals surface area contributed by atoms with Crippen molar-refractivity contribution in [2.75, 3.05) is 65.3 Å². The number of ether oxygens (including phenoxy) is 3. The van der Waals surface area contributed by atoms with Gasteiger partial charge >= 0.3 is 34.6 Å². The minimum Gasteiger partial charge on any atom is -0.409 e. The average Bonchev–Trinajstić information content (AvgIpc) is 1.63. The number of anilines is 3. The molecule has 73 heteroatoms. The number of aliphatic hydroxyl groups excluding tert-OH is 3. The topological polar surface area (TPSA) is 347 Å². The molecule has 6 heterocycles. The van der Waals surface area contributed by atoms with Gasteiger partial charge in [-0.15, -0.1) is 0 Å². The smallest absolute Gasteiger partial charge is 0.409 e. The van der Waals surface area contributed by atoms with Crippen LogP contribution in [0.1, 0.15) is 123 Å². The molecule has 7 N–H and O–H groups in total. The van der Waals surface area contributed by atoms with Crippen LogP contribution in [-0.2, 0) is 406 Å². The minimum atomic E-state index is -2.08. The standard InChI is InChI=1S/C20H36N4O5Si.C17H31N3O4Si.C12H18N4O7.C3H6ClNO.3CH4.S39.S2/c1-10-14-13(2)16(29-30(8,9)20(3,4)5)17(27-14)24-12-11-15(21-18(24)25)22-28-19(26)23(6)7;1-8-12-11(2)14(24-25(6,7)17(3,4)5)15(23-12)20-10-9-13(19-22)18-16(20)21;1-15(2)12(21)23-14-7-3-4-16(11(20)13-7)10-9(19)8(18)6(5-17)22-10;1-5(2)3(4)6;;;;1-3-5-7-9-11-13-15-17-19-21-23-25-27-29-31-33-35-37-39-38-36-34-32-30-28-26-24-22-20-18-16-14-12-10-8-6-4-2;1-2/h11-14,16-17H,10H2,1-9H3,(H,21,22,25);9-12,14-15,22H,8H2,1-7H3,(H,18,19,21);3-4,6,8-10,17-19H,5H2,1-2H3,(H,13,14,20);1-2H3;3*1H4;;/t13-,14+,16?,17+;11-,12+,14?,15+;6-,8+,9?,10-;;;;;;/m001....../s1. The summed E-state index contributed by atoms with van der Waals surface area (Å²) in [5.74, 6) is 0.548. The zero-order valence-corrected chi connectivity index (χ0v) is 105. The fourth-order valence-corrected chi connectivity index (χ4v) is 107. The molecule has 12 atom stereocenters. The number of aliphatic hydroxyl groups is 3. The summed E-state index contributed by atoms with van der Waals surface area (Å²) in [6, 6.07) is 4.43. The number of nitrogens with one attached hydrogen (secondary N) is 3. The Morgan fingerprint density at radius 3 is 0.891 bits per heavy atom. The molecule has 3 saturated heterocycles. The summed E-state index contributed by atoms with van der Waals surface area (Å²) in [4.78, 5) is 94.4. The zero-order chi connectivity index (χ0) is 94.3. The number of hydrogen-bond acceptors (Lipinski definition) is 27. The predicted molar refractivity (Wildman–Crippen MR) is 639 cm³/mol. The molecule has 0 saturated carbocycles. The third-order valence-corrected chi connectivity index (χ3v) is 105. The highest BCUT2D eigenvalue weighted by Crippen LogP contribution is 2.46. The first-order chi connectivity index (χ1) is 59.2. The summed E-state index contributed by atoms with van der Waals surface area (Å²) >= 11 is 21.8. The Kier molecular flexibility index (Phi) is 82.6. The monoisotopic (exact) mass is 2610 g/mol. The largest absolute Gasteiger partial charge is 0.433 e. The zero-order valence-electron chi connectivity index (χ0n) is 68.8. The number of aromatic nitrogens is 6. The van der Waals surface area contributed by atoms with Crippen molar-refractivity contribution >= 4 is 437 Å². The van der Waals surface area contributed by atoms with Gasteiger partial charge in [-0.1, -0.05) is 91.5 Å². The minimum absolute atomic E-state index is 0. The van der Waals surface area contributed by atoms with E-state index in [1.165, 1.54) is 74.0 Å². The van der Waals surface area contributed by atoms with Crippen molar-refractivity contribution in [3.63, 3.8) is 0 Å². The van der Waals surface area contributed by atoms with Gasteiger partial charge in [-0.3, -0.25) is 29.2 Å². The number of carbonyl (C=O) groups is 3. The van der Waals surface area contributed by atoms with Gasteiger partial charge in [0.15, 0.2) is 52.8 Å². The molecule has 3 fully saturated rings. The molecule has 3 aliphatic heterocycles. The maximum absolute atomic E-state index is 12.8. The highest BCUT2D eigenvalue weighted by molar-refractivity contribution is 8.81. The van der Waals surface area contributed by atoms with Crippen LogP contribution in [0.4, 0.5) is 31.8 Å². The van der Waals surface area contributed by atoms with Crippen LogP contribution < -0.4 is 33.5 Å². The molecule has 128 heavy (non-hydrogen) atoms. The lowest BCUT2D eigenvalue weighted by atomic mass is 9.99. The lowest BCUT2D eigenvalue weighted by Crippen LogP contribution is -2.47. The third kappa shape index (κ3) is 55.3. The second kappa shape index (κ2) is 77.9. The van der Waals surface area contributed by atoms with Crippen LogP contribution in [-0.4, -0.2) is 190 Å². The Morgan fingerprint density at radius 1 is 0.453 bits per heavy atom. The van der Waals surface area contributed by atoms with Crippen molar-refractivity contribution in [1.29, 1.82) is 0 Å². The summed E-state index contributed by atoms with van der Waals surface area (Å²) in [6.07, 6.45) is -1.55. The Morgan fingerprint density at radius 2 is 0.688 bits per heavy atom. The normalized spacial score (nSPS) is 18.7. The quantitative estimate of drug-likeness (QED) is 0.0333. The van der Waals surface area contributed by atoms with Gasteiger partial charge in [0.25, 0.3) is 0 Å². The van der Waals surface area contributed by atoms with E-state index in [2.05, 4.69) is 149 Å². The molecule has 0 spiro atoms. The second-order valence-corrected chi connectivity index (χ2v) is 102. The molecular formula is C55H103ClN12O17S41Si2. The van der Waals surface area contributed by atoms with Crippen LogP contribution in [0.25, 0.3) is 0 Å². The Labute approximate surface area is 880 Å². The second-order valence-electron chi connectivity index (χ2n) is 26.6. The third-order valence-electron chi connectivity index (χ3n) is 16.2. The Hall–Kier alpha value is 3.43. The number of hydrogen-bond donors (Lipinski definition) is 7. The highest BCUT2D eigenvalue weighted by Gasteiger charge is 2.51. The first-order valence-electron chi connectivity index (χ1n) is 33.9. The lowest BCUT2D eigenvalue weighted by molar-refractivity contribution is -0.0549. The van der Waals surface area contributed by atoms with Crippen LogP contribution >= 0.6 is 11.6 Å². The van der Waals surface area contributed by atoms with E-state index in [1.54, 1.807) is 153 Å². The van der Waals surface area contributed by atoms with Gasteiger partial charge < -0.3 is 62.8 Å². The maximum atomic E-state index is 12.8. The molecule has 0 aliphatic carbocycles. The summed E-state index contributed by atoms with van der Waals surface area (Å²) in [5.41, 5.74) is 4.73. The first kappa shape index (κ1) is 136. The predicted octanol–water partition coefficient (Wildman–Crippen LogP) is 7.58. The molecule has 6 rings (SSSR count). The lowest BCUT2D eigenvalue weighted by Gasteiger charge is -2.40. The van der Waals surface area contributed by atoms with E-state index in [1.807, 2.05) is 210 Å². The van der Waals surface area contributed by atoms with Gasteiger partial charge in [0.1, 0.15) is 18.3 Å². The fraction of sp³-hybridized carbons (Fsp3) is 0.727. The number of halogens is 1. The molecule has 746 valence electrons. The first-order valence-corrected chi connectivity index (χ1v) is 92.1. The van der Waals surface area contributed by atoms with Crippen LogP contribution in [0.2, 0.25) is 36.3 Å². The molecule has 0 bridgehead atoms. The fourth-order valence-electron chi connectivity index (χ4n) is 8.33. The van der Waals surface area contributed by atoms with Crippen molar-refractivity contribution in [3.05, 3.63) is 68.2 Å². The van der Waals surface area contributed by atoms with Crippen molar-refractivity contribution in [1.82, 2.24) is 43.4 Å². The van der Waals surface area contributed by atoms with Crippen LogP contribution in [0, 0.1) is 11.8 Å². The van der Waals surface area contributed by atoms with E-state index in [4.69, 9.17) is 72.2 Å². The Balaban J connectivity index is -0.00000159. The highest BCUT2D eigenvalue weighted by atomic mass is 35.5. The maximum Gasteiger partial charge on any atom is 0.433 e.